The first kappa shape index (κ1) is 16.1. The van der Waals surface area contributed by atoms with Crippen molar-refractivity contribution in [3.05, 3.63) is 0 Å². The molecule has 0 aromatic heterocycles. The summed E-state index contributed by atoms with van der Waals surface area (Å²) in [7, 11) is 0. The second kappa shape index (κ2) is 18.0. The first-order valence-electron chi connectivity index (χ1n) is 0.309. The Labute approximate surface area is 70.5 Å². The Bertz CT molecular complexity index is 9.61. The fourth-order valence-corrected chi connectivity index (χ4v) is 0. The maximum absolute atomic E-state index is 9.12. The van der Waals surface area contributed by atoms with Crippen LogP contribution in [-0.2, 0) is 5.15 Å². The first-order chi connectivity index (χ1) is 1.41. The Kier molecular flexibility index (Phi) is 57.8. The summed E-state index contributed by atoms with van der Waals surface area (Å²) in [5.74, 6) is 0. The van der Waals surface area contributed by atoms with E-state index in [0.717, 1.165) is 0 Å². The van der Waals surface area contributed by atoms with Crippen LogP contribution in [0.15, 0.2) is 0 Å². The molecule has 0 rings (SSSR count). The number of rotatable bonds is 0. The Morgan fingerprint density at radius 3 is 1.20 bits per heavy atom. The third-order valence-electron chi connectivity index (χ3n) is 0. The van der Waals surface area contributed by atoms with Gasteiger partial charge in [-0.3, -0.25) is 0 Å². The van der Waals surface area contributed by atoms with Crippen LogP contribution in [0.4, 0.5) is 9.05 Å². The fourth-order valence-electron chi connectivity index (χ4n) is 0. The molecule has 5 heavy (non-hydrogen) atoms. The Balaban J connectivity index is -0.0000000200. The second-order valence-electron chi connectivity index (χ2n) is 0.0583. The third kappa shape index (κ3) is 30.7. The van der Waals surface area contributed by atoms with E-state index in [9.17, 15) is 0 Å². The molecule has 5 heteroatoms. The summed E-state index contributed by atoms with van der Waals surface area (Å²) >= 11 is 0. The van der Waals surface area contributed by atoms with Crippen LogP contribution < -0.4 is 0 Å². The van der Waals surface area contributed by atoms with Gasteiger partial charge in [0.25, 0.3) is 0 Å². The normalized spacial score (nSPS) is 3.60. The summed E-state index contributed by atoms with van der Waals surface area (Å²) in [6, 6.07) is 0. The van der Waals surface area contributed by atoms with Crippen molar-refractivity contribution in [2.24, 2.45) is 0 Å². The van der Waals surface area contributed by atoms with Gasteiger partial charge in [-0.15, -0.1) is 0 Å². The molecule has 0 radical (unpaired) electrons. The van der Waals surface area contributed by atoms with Gasteiger partial charge in [-0.2, -0.15) is 0 Å². The van der Waals surface area contributed by atoms with Crippen LogP contribution in [0.1, 0.15) is 0 Å². The van der Waals surface area contributed by atoms with E-state index in [1.54, 1.807) is 0 Å². The molecule has 0 amide bonds. The number of hydrogen-bond donors (Lipinski definition) is 0. The van der Waals surface area contributed by atoms with E-state index in [1.807, 2.05) is 0 Å². The summed E-state index contributed by atoms with van der Waals surface area (Å²) in [5, 5.41) is 1.25. The second-order valence-corrected chi connectivity index (χ2v) is 0.0583. The van der Waals surface area contributed by atoms with Crippen molar-refractivity contribution >= 4 is 57.3 Å². The van der Waals surface area contributed by atoms with Crippen LogP contribution in [0.3, 0.4) is 0 Å². The fraction of sp³-hybridized carbons (Fsp3) is 0. The molecular weight excluding hydrogens is 202 g/mol. The average Bonchev–Trinajstić information content (AvgIpc) is 0.918. The van der Waals surface area contributed by atoms with E-state index in [-0.39, 0.29) is 57.3 Å². The van der Waals surface area contributed by atoms with Gasteiger partial charge < -0.3 is 0 Å². The van der Waals surface area contributed by atoms with Gasteiger partial charge >= 0.3 is 48.9 Å². The Morgan fingerprint density at radius 1 is 1.20 bits per heavy atom. The van der Waals surface area contributed by atoms with Crippen LogP contribution in [0.5, 0.6) is 0 Å². The predicted molar refractivity (Wildman–Crippen MR) is 21.8 cm³/mol. The van der Waals surface area contributed by atoms with Gasteiger partial charge in [-0.1, -0.05) is 0 Å². The van der Waals surface area contributed by atoms with Crippen molar-refractivity contribution in [1.82, 2.24) is 0 Å². The summed E-state index contributed by atoms with van der Waals surface area (Å²) in [5.41, 5.74) is 0. The molecule has 30 valence electrons. The zero-order valence-corrected chi connectivity index (χ0v) is 1.16. The standard InChI is InChI=1S/BH3.Ba.F2O.2H/c;;1-3-2;;/h1H3;;;;. The molecule has 0 bridgehead atoms. The maximum atomic E-state index is 9.12. The molecule has 0 heterocycles. The Hall–Kier alpha value is 1.46. The molecule has 0 aromatic rings. The Morgan fingerprint density at radius 2 is 1.20 bits per heavy atom. The molecule has 0 N–H and O–H groups in total. The minimum atomic E-state index is 0. The van der Waals surface area contributed by atoms with Gasteiger partial charge in [-0.05, 0) is 9.05 Å². The van der Waals surface area contributed by atoms with Gasteiger partial charge in [0.2, 0.25) is 0 Å². The molecule has 0 aromatic carbocycles. The van der Waals surface area contributed by atoms with Crippen molar-refractivity contribution in [3.8, 4) is 0 Å². The van der Waals surface area contributed by atoms with Gasteiger partial charge in [0, 0.05) is 5.15 Å². The van der Waals surface area contributed by atoms with Crippen LogP contribution in [0.25, 0.3) is 0 Å². The van der Waals surface area contributed by atoms with Gasteiger partial charge in [0.15, 0.2) is 0 Å². The summed E-state index contributed by atoms with van der Waals surface area (Å²) in [4.78, 5) is 0. The topological polar surface area (TPSA) is 9.23 Å². The van der Waals surface area contributed by atoms with Crippen LogP contribution >= 0.6 is 0 Å². The van der Waals surface area contributed by atoms with Crippen molar-refractivity contribution in [1.29, 1.82) is 0 Å². The summed E-state index contributed by atoms with van der Waals surface area (Å²) in [6.45, 7) is 0. The zero-order valence-electron chi connectivity index (χ0n) is 1.16. The SMILES string of the molecule is B.FOF.[BaH2]. The molecule has 0 aliphatic rings. The molecular formula is H5BBaF2O. The molecule has 0 saturated carbocycles. The predicted octanol–water partition coefficient (Wildman–Crippen LogP) is -1.33. The summed E-state index contributed by atoms with van der Waals surface area (Å²) < 4.78 is 18.2. The molecule has 0 saturated heterocycles. The first-order valence-corrected chi connectivity index (χ1v) is 0.309. The van der Waals surface area contributed by atoms with Crippen LogP contribution in [-0.4, -0.2) is 57.3 Å². The quantitative estimate of drug-likeness (QED) is 0.447. The summed E-state index contributed by atoms with van der Waals surface area (Å²) in [6.07, 6.45) is 0. The van der Waals surface area contributed by atoms with Crippen molar-refractivity contribution in [3.63, 3.8) is 0 Å². The van der Waals surface area contributed by atoms with Crippen LogP contribution in [0.2, 0.25) is 0 Å². The van der Waals surface area contributed by atoms with Crippen molar-refractivity contribution < 1.29 is 14.2 Å². The number of hydrogen-bond acceptors (Lipinski definition) is 1. The molecule has 1 nitrogen and oxygen atoms in total. The van der Waals surface area contributed by atoms with Gasteiger partial charge in [0.05, 0.1) is 8.41 Å². The van der Waals surface area contributed by atoms with E-state index in [4.69, 9.17) is 9.05 Å². The van der Waals surface area contributed by atoms with E-state index in [0.29, 0.717) is 0 Å². The average molecular weight is 207 g/mol. The zero-order chi connectivity index (χ0) is 2.71. The van der Waals surface area contributed by atoms with Crippen molar-refractivity contribution in [2.45, 2.75) is 0 Å². The third-order valence-corrected chi connectivity index (χ3v) is 0. The van der Waals surface area contributed by atoms with Gasteiger partial charge in [-0.25, -0.2) is 0 Å². The molecule has 0 atom stereocenters. The molecule has 0 aliphatic carbocycles. The molecule has 0 fully saturated rings. The van der Waals surface area contributed by atoms with E-state index in [2.05, 4.69) is 0 Å². The van der Waals surface area contributed by atoms with E-state index >= 15 is 0 Å². The van der Waals surface area contributed by atoms with Crippen molar-refractivity contribution in [2.75, 3.05) is 0 Å². The number of halogens is 2. The van der Waals surface area contributed by atoms with Crippen LogP contribution in [0, 0.1) is 0 Å². The van der Waals surface area contributed by atoms with E-state index in [1.165, 1.54) is 5.15 Å². The molecule has 0 spiro atoms. The van der Waals surface area contributed by atoms with Gasteiger partial charge in [0.1, 0.15) is 0 Å². The van der Waals surface area contributed by atoms with E-state index < -0.39 is 0 Å². The molecule has 0 aliphatic heterocycles. The monoisotopic (exact) mass is 208 g/mol. The molecule has 0 unspecified atom stereocenters. The minimum absolute atomic E-state index is 0.